The first-order valence-corrected chi connectivity index (χ1v) is 9.89. The highest BCUT2D eigenvalue weighted by molar-refractivity contribution is 5.75. The van der Waals surface area contributed by atoms with Gasteiger partial charge < -0.3 is 9.30 Å². The van der Waals surface area contributed by atoms with Gasteiger partial charge in [-0.25, -0.2) is 19.3 Å². The molecule has 5 rings (SSSR count). The highest BCUT2D eigenvalue weighted by atomic mass is 19.1. The lowest BCUT2D eigenvalue weighted by Crippen LogP contribution is -2.25. The van der Waals surface area contributed by atoms with Gasteiger partial charge in [-0.3, -0.25) is 14.3 Å². The number of hydrogen-bond acceptors (Lipinski definition) is 6. The Balaban J connectivity index is 1.56. The van der Waals surface area contributed by atoms with E-state index in [9.17, 15) is 9.18 Å². The van der Waals surface area contributed by atoms with Gasteiger partial charge in [-0.05, 0) is 36.3 Å². The maximum Gasteiger partial charge on any atom is 0.268 e. The van der Waals surface area contributed by atoms with Gasteiger partial charge in [0.1, 0.15) is 23.9 Å². The molecular weight excluding hydrogens is 423 g/mol. The first kappa shape index (κ1) is 20.1. The third kappa shape index (κ3) is 4.05. The molecule has 0 amide bonds. The average Bonchev–Trinajstić information content (AvgIpc) is 3.31. The molecule has 8 nitrogen and oxygen atoms in total. The summed E-state index contributed by atoms with van der Waals surface area (Å²) in [5.41, 5.74) is 1.09. The Hall–Kier alpha value is -4.84. The fourth-order valence-corrected chi connectivity index (χ4v) is 3.35. The monoisotopic (exact) mass is 438 g/mol. The van der Waals surface area contributed by atoms with Gasteiger partial charge >= 0.3 is 0 Å². The predicted octanol–water partition coefficient (Wildman–Crippen LogP) is 2.95. The summed E-state index contributed by atoms with van der Waals surface area (Å²) in [6.07, 6.45) is 12.2. The Morgan fingerprint density at radius 3 is 2.73 bits per heavy atom. The summed E-state index contributed by atoms with van der Waals surface area (Å²) in [5.74, 6) is 2.74. The Labute approximate surface area is 187 Å². The smallest absolute Gasteiger partial charge is 0.268 e. The largest absolute Gasteiger partial charge is 0.404 e. The van der Waals surface area contributed by atoms with Gasteiger partial charge in [0.05, 0.1) is 12.1 Å². The van der Waals surface area contributed by atoms with Crippen LogP contribution in [-0.2, 0) is 6.54 Å². The van der Waals surface area contributed by atoms with Crippen LogP contribution in [0, 0.1) is 17.8 Å². The van der Waals surface area contributed by atoms with Gasteiger partial charge in [0.15, 0.2) is 11.6 Å². The van der Waals surface area contributed by atoms with Crippen LogP contribution in [0.25, 0.3) is 16.7 Å². The maximum absolute atomic E-state index is 13.8. The molecule has 0 saturated heterocycles. The average molecular weight is 438 g/mol. The van der Waals surface area contributed by atoms with Crippen LogP contribution in [0.4, 0.5) is 4.39 Å². The molecule has 0 aliphatic heterocycles. The summed E-state index contributed by atoms with van der Waals surface area (Å²) in [5, 5.41) is 0.620. The van der Waals surface area contributed by atoms with Crippen LogP contribution in [0.3, 0.4) is 0 Å². The number of para-hydroxylation sites is 1. The number of hydrogen-bond donors (Lipinski definition) is 0. The molecule has 0 atom stereocenters. The fraction of sp³-hybridized carbons (Fsp3) is 0.0417. The van der Waals surface area contributed by atoms with Crippen molar-refractivity contribution in [2.75, 3.05) is 0 Å². The van der Waals surface area contributed by atoms with Crippen LogP contribution in [0.15, 0.2) is 84.6 Å². The molecule has 5 aromatic rings. The first-order valence-electron chi connectivity index (χ1n) is 9.89. The summed E-state index contributed by atoms with van der Waals surface area (Å²) >= 11 is 0. The zero-order chi connectivity index (χ0) is 22.6. The molecule has 0 fully saturated rings. The van der Waals surface area contributed by atoms with E-state index in [-0.39, 0.29) is 23.4 Å². The topological polar surface area (TPSA) is 87.7 Å². The van der Waals surface area contributed by atoms with E-state index in [0.29, 0.717) is 16.9 Å². The van der Waals surface area contributed by atoms with E-state index >= 15 is 0 Å². The third-order valence-electron chi connectivity index (χ3n) is 4.89. The Bertz CT molecular complexity index is 1570. The van der Waals surface area contributed by atoms with Gasteiger partial charge in [-0.2, -0.15) is 0 Å². The molecule has 0 saturated carbocycles. The summed E-state index contributed by atoms with van der Waals surface area (Å²) in [7, 11) is 0. The Morgan fingerprint density at radius 1 is 1.03 bits per heavy atom. The number of benzene rings is 1. The SMILES string of the molecule is O=c1c(C#COc2ccccc2F)cc2cncnc2n1Cc1nccn1-c1ccncc1. The van der Waals surface area contributed by atoms with Crippen molar-refractivity contribution >= 4 is 11.0 Å². The maximum atomic E-state index is 13.8. The highest BCUT2D eigenvalue weighted by Gasteiger charge is 2.13. The molecule has 9 heteroatoms. The molecule has 33 heavy (non-hydrogen) atoms. The van der Waals surface area contributed by atoms with Crippen LogP contribution in [0.2, 0.25) is 0 Å². The summed E-state index contributed by atoms with van der Waals surface area (Å²) in [6, 6.07) is 11.2. The third-order valence-corrected chi connectivity index (χ3v) is 4.89. The number of nitrogens with zero attached hydrogens (tertiary/aromatic N) is 6. The van der Waals surface area contributed by atoms with E-state index in [1.807, 2.05) is 16.7 Å². The van der Waals surface area contributed by atoms with E-state index in [1.165, 1.54) is 23.0 Å². The molecule has 0 aliphatic carbocycles. The molecule has 0 aliphatic rings. The summed E-state index contributed by atoms with van der Waals surface area (Å²) in [6.45, 7) is 0.144. The van der Waals surface area contributed by atoms with E-state index in [4.69, 9.17) is 4.74 Å². The van der Waals surface area contributed by atoms with E-state index < -0.39 is 5.82 Å². The van der Waals surface area contributed by atoms with Crippen LogP contribution >= 0.6 is 0 Å². The van der Waals surface area contributed by atoms with Crippen molar-refractivity contribution in [2.45, 2.75) is 6.54 Å². The molecule has 0 spiro atoms. The van der Waals surface area contributed by atoms with Crippen LogP contribution in [-0.4, -0.2) is 29.1 Å². The minimum absolute atomic E-state index is 0.0196. The van der Waals surface area contributed by atoms with Crippen molar-refractivity contribution in [1.82, 2.24) is 29.1 Å². The number of imidazole rings is 1. The molecule has 0 unspecified atom stereocenters. The van der Waals surface area contributed by atoms with Crippen molar-refractivity contribution in [3.05, 3.63) is 107 Å². The summed E-state index contributed by atoms with van der Waals surface area (Å²) in [4.78, 5) is 30.1. The Kier molecular flexibility index (Phi) is 5.31. The molecule has 4 aromatic heterocycles. The normalized spacial score (nSPS) is 10.6. The van der Waals surface area contributed by atoms with Gasteiger partial charge in [0.2, 0.25) is 0 Å². The van der Waals surface area contributed by atoms with Crippen LogP contribution in [0.1, 0.15) is 11.4 Å². The van der Waals surface area contributed by atoms with Gasteiger partial charge in [-0.15, -0.1) is 0 Å². The molecular formula is C24H15FN6O2. The lowest BCUT2D eigenvalue weighted by molar-refractivity contribution is 0.469. The zero-order valence-corrected chi connectivity index (χ0v) is 17.1. The lowest BCUT2D eigenvalue weighted by atomic mass is 10.2. The minimum Gasteiger partial charge on any atom is -0.404 e. The van der Waals surface area contributed by atoms with Crippen LogP contribution < -0.4 is 10.3 Å². The number of ether oxygens (including phenoxy) is 1. The fourth-order valence-electron chi connectivity index (χ4n) is 3.35. The van der Waals surface area contributed by atoms with Crippen molar-refractivity contribution in [3.8, 4) is 23.5 Å². The van der Waals surface area contributed by atoms with Crippen molar-refractivity contribution in [2.24, 2.45) is 0 Å². The van der Waals surface area contributed by atoms with Crippen molar-refractivity contribution in [3.63, 3.8) is 0 Å². The molecule has 160 valence electrons. The summed E-state index contributed by atoms with van der Waals surface area (Å²) < 4.78 is 22.3. The quantitative estimate of drug-likeness (QED) is 0.401. The van der Waals surface area contributed by atoms with E-state index in [0.717, 1.165) is 5.69 Å². The Morgan fingerprint density at radius 2 is 1.88 bits per heavy atom. The van der Waals surface area contributed by atoms with E-state index in [2.05, 4.69) is 32.0 Å². The van der Waals surface area contributed by atoms with Gasteiger partial charge in [-0.1, -0.05) is 12.1 Å². The van der Waals surface area contributed by atoms with Crippen molar-refractivity contribution < 1.29 is 9.13 Å². The number of rotatable bonds is 4. The molecule has 0 N–H and O–H groups in total. The standard InChI is InChI=1S/C24H15FN6O2/c25-20-3-1-2-4-21(20)33-12-7-17-13-18-14-27-16-29-23(18)31(24(17)32)15-22-28-10-11-30(22)19-5-8-26-9-6-19/h1-6,8-11,13-14,16H,15H2. The second-order valence-corrected chi connectivity index (χ2v) is 6.93. The predicted molar refractivity (Wildman–Crippen MR) is 118 cm³/mol. The molecule has 4 heterocycles. The molecule has 0 radical (unpaired) electrons. The van der Waals surface area contributed by atoms with E-state index in [1.54, 1.807) is 49.2 Å². The number of aromatic nitrogens is 6. The number of pyridine rings is 2. The van der Waals surface area contributed by atoms with Crippen molar-refractivity contribution in [1.29, 1.82) is 0 Å². The number of halogens is 1. The van der Waals surface area contributed by atoms with Crippen LogP contribution in [0.5, 0.6) is 5.75 Å². The minimum atomic E-state index is -0.543. The second kappa shape index (κ2) is 8.72. The lowest BCUT2D eigenvalue weighted by Gasteiger charge is -2.12. The second-order valence-electron chi connectivity index (χ2n) is 6.93. The van der Waals surface area contributed by atoms with Gasteiger partial charge in [0, 0.05) is 42.1 Å². The number of fused-ring (bicyclic) bond motifs is 1. The van der Waals surface area contributed by atoms with Gasteiger partial charge in [0.25, 0.3) is 5.56 Å². The first-order chi connectivity index (χ1) is 16.2. The zero-order valence-electron chi connectivity index (χ0n) is 17.1. The molecule has 0 bridgehead atoms. The highest BCUT2D eigenvalue weighted by Crippen LogP contribution is 2.16. The molecule has 1 aromatic carbocycles.